The zero-order valence-electron chi connectivity index (χ0n) is 26.3. The summed E-state index contributed by atoms with van der Waals surface area (Å²) in [5.74, 6) is -0.0687. The van der Waals surface area contributed by atoms with Crippen molar-refractivity contribution in [2.24, 2.45) is 0 Å². The van der Waals surface area contributed by atoms with Crippen molar-refractivity contribution < 1.29 is 24.2 Å². The normalized spacial score (nSPS) is 11.3. The fourth-order valence-electron chi connectivity index (χ4n) is 5.02. The van der Waals surface area contributed by atoms with E-state index in [1.54, 1.807) is 23.1 Å². The highest BCUT2D eigenvalue weighted by Crippen LogP contribution is 2.41. The second-order valence-electron chi connectivity index (χ2n) is 10.9. The maximum atomic E-state index is 13.6. The van der Waals surface area contributed by atoms with E-state index in [2.05, 4.69) is 0 Å². The number of amides is 2. The molecule has 5 aromatic carbocycles. The van der Waals surface area contributed by atoms with Crippen molar-refractivity contribution in [2.75, 3.05) is 4.90 Å². The lowest BCUT2D eigenvalue weighted by Crippen LogP contribution is -2.38. The highest BCUT2D eigenvalue weighted by molar-refractivity contribution is 8.00. The van der Waals surface area contributed by atoms with Gasteiger partial charge in [-0.1, -0.05) is 146 Å². The number of aromatic hydroxyl groups is 1. The Hall–Kier alpha value is -5.21. The summed E-state index contributed by atoms with van der Waals surface area (Å²) in [6.07, 6.45) is -0.464. The molecule has 0 radical (unpaired) electrons. The molecule has 0 saturated heterocycles. The maximum absolute atomic E-state index is 13.6. The Morgan fingerprint density at radius 3 is 1.60 bits per heavy atom. The molecule has 0 fully saturated rings. The maximum Gasteiger partial charge on any atom is 0.415 e. The molecule has 0 aliphatic heterocycles. The van der Waals surface area contributed by atoms with Gasteiger partial charge in [-0.25, -0.2) is 9.59 Å². The second-order valence-corrected chi connectivity index (χ2v) is 12.1. The molecule has 0 heterocycles. The Morgan fingerprint density at radius 1 is 0.617 bits per heavy atom. The largest absolute Gasteiger partial charge is 0.505 e. The van der Waals surface area contributed by atoms with E-state index < -0.39 is 12.2 Å². The molecule has 1 N–H and O–H groups in total. The number of benzene rings is 5. The lowest BCUT2D eigenvalue weighted by Gasteiger charge is -2.31. The zero-order chi connectivity index (χ0) is 32.8. The second kappa shape index (κ2) is 16.9. The van der Waals surface area contributed by atoms with Crippen LogP contribution in [0.4, 0.5) is 15.3 Å². The standard InChI is InChI=1S/C39H38N2O5S/c1-2-36(41(27-31-18-9-4-10-19-31)39(44)46-29-33-22-13-6-14-23-33)47-35-25-15-24-34(37(35)42)40(26-30-16-7-3-8-17-30)38(43)45-28-32-20-11-5-12-21-32/h3-25,36,42H,2,26-29H2,1H3. The number of carbonyl (C=O) groups excluding carboxylic acids is 2. The van der Waals surface area contributed by atoms with Crippen LogP contribution in [-0.4, -0.2) is 27.6 Å². The van der Waals surface area contributed by atoms with Crippen LogP contribution in [0.15, 0.2) is 144 Å². The van der Waals surface area contributed by atoms with E-state index in [1.165, 1.54) is 16.7 Å². The molecule has 8 heteroatoms. The number of thioether (sulfide) groups is 1. The van der Waals surface area contributed by atoms with Crippen LogP contribution in [0, 0.1) is 0 Å². The minimum Gasteiger partial charge on any atom is -0.505 e. The van der Waals surface area contributed by atoms with Crippen molar-refractivity contribution in [1.82, 2.24) is 4.90 Å². The van der Waals surface area contributed by atoms with E-state index in [0.717, 1.165) is 22.3 Å². The molecular weight excluding hydrogens is 609 g/mol. The highest BCUT2D eigenvalue weighted by atomic mass is 32.2. The van der Waals surface area contributed by atoms with Gasteiger partial charge in [0.15, 0.2) is 5.75 Å². The predicted octanol–water partition coefficient (Wildman–Crippen LogP) is 9.40. The highest BCUT2D eigenvalue weighted by Gasteiger charge is 2.28. The van der Waals surface area contributed by atoms with Crippen LogP contribution in [0.1, 0.15) is 35.6 Å². The van der Waals surface area contributed by atoms with Crippen LogP contribution < -0.4 is 4.90 Å². The fraction of sp³-hybridized carbons (Fsp3) is 0.179. The Morgan fingerprint density at radius 2 is 1.09 bits per heavy atom. The molecule has 5 aromatic rings. The van der Waals surface area contributed by atoms with Gasteiger partial charge in [0.05, 0.1) is 29.0 Å². The summed E-state index contributed by atoms with van der Waals surface area (Å²) in [6, 6.07) is 43.6. The molecular formula is C39H38N2O5S. The first-order valence-corrected chi connectivity index (χ1v) is 16.4. The van der Waals surface area contributed by atoms with Crippen molar-refractivity contribution in [2.45, 2.75) is 49.9 Å². The molecule has 240 valence electrons. The zero-order valence-corrected chi connectivity index (χ0v) is 27.1. The molecule has 1 atom stereocenters. The Kier molecular flexibility index (Phi) is 11.9. The van der Waals surface area contributed by atoms with Crippen LogP contribution in [0.25, 0.3) is 0 Å². The molecule has 0 aromatic heterocycles. The molecule has 1 unspecified atom stereocenters. The third-order valence-electron chi connectivity index (χ3n) is 7.47. The molecule has 0 aliphatic carbocycles. The predicted molar refractivity (Wildman–Crippen MR) is 186 cm³/mol. The van der Waals surface area contributed by atoms with Crippen LogP contribution >= 0.6 is 11.8 Å². The molecule has 2 amide bonds. The van der Waals surface area contributed by atoms with Gasteiger partial charge in [-0.15, -0.1) is 0 Å². The fourth-order valence-corrected chi connectivity index (χ4v) is 6.14. The number of phenols is 1. The molecule has 0 saturated carbocycles. The first-order valence-electron chi connectivity index (χ1n) is 15.5. The van der Waals surface area contributed by atoms with Crippen LogP contribution in [0.3, 0.4) is 0 Å². The first-order chi connectivity index (χ1) is 23.0. The van der Waals surface area contributed by atoms with Gasteiger partial charge in [0.25, 0.3) is 0 Å². The number of nitrogens with zero attached hydrogens (tertiary/aromatic N) is 2. The van der Waals surface area contributed by atoms with Gasteiger partial charge in [0, 0.05) is 0 Å². The van der Waals surface area contributed by atoms with Gasteiger partial charge in [-0.3, -0.25) is 9.80 Å². The third-order valence-corrected chi connectivity index (χ3v) is 8.92. The average molecular weight is 647 g/mol. The van der Waals surface area contributed by atoms with E-state index in [0.29, 0.717) is 23.5 Å². The number of para-hydroxylation sites is 1. The molecule has 0 aliphatic rings. The Labute approximate surface area is 280 Å². The number of anilines is 1. The molecule has 0 bridgehead atoms. The minimum absolute atomic E-state index is 0.0687. The van der Waals surface area contributed by atoms with Gasteiger partial charge < -0.3 is 14.6 Å². The lowest BCUT2D eigenvalue weighted by molar-refractivity contribution is 0.0892. The van der Waals surface area contributed by atoms with Crippen molar-refractivity contribution in [3.63, 3.8) is 0 Å². The Balaban J connectivity index is 1.40. The van der Waals surface area contributed by atoms with Gasteiger partial charge in [-0.2, -0.15) is 0 Å². The summed E-state index contributed by atoms with van der Waals surface area (Å²) >= 11 is 1.35. The Bertz CT molecular complexity index is 1710. The molecule has 7 nitrogen and oxygen atoms in total. The van der Waals surface area contributed by atoms with Crippen molar-refractivity contribution in [3.8, 4) is 5.75 Å². The quantitative estimate of drug-likeness (QED) is 0.101. The summed E-state index contributed by atoms with van der Waals surface area (Å²) in [5.41, 5.74) is 3.90. The van der Waals surface area contributed by atoms with Crippen LogP contribution in [-0.2, 0) is 35.8 Å². The van der Waals surface area contributed by atoms with Gasteiger partial charge in [0.2, 0.25) is 0 Å². The number of hydrogen-bond acceptors (Lipinski definition) is 6. The van der Waals surface area contributed by atoms with E-state index in [9.17, 15) is 14.7 Å². The minimum atomic E-state index is -0.586. The number of ether oxygens (including phenoxy) is 2. The van der Waals surface area contributed by atoms with Crippen LogP contribution in [0.5, 0.6) is 5.75 Å². The van der Waals surface area contributed by atoms with E-state index in [-0.39, 0.29) is 30.9 Å². The van der Waals surface area contributed by atoms with E-state index in [4.69, 9.17) is 9.47 Å². The van der Waals surface area contributed by atoms with Crippen molar-refractivity contribution >= 4 is 29.6 Å². The number of hydrogen-bond donors (Lipinski definition) is 1. The van der Waals surface area contributed by atoms with E-state index in [1.807, 2.05) is 128 Å². The molecule has 47 heavy (non-hydrogen) atoms. The van der Waals surface area contributed by atoms with E-state index >= 15 is 0 Å². The lowest BCUT2D eigenvalue weighted by atomic mass is 10.2. The van der Waals surface area contributed by atoms with Gasteiger partial charge in [-0.05, 0) is 40.8 Å². The number of carbonyl (C=O) groups is 2. The van der Waals surface area contributed by atoms with Crippen molar-refractivity contribution in [3.05, 3.63) is 162 Å². The summed E-state index contributed by atoms with van der Waals surface area (Å²) in [4.78, 5) is 30.8. The van der Waals surface area contributed by atoms with Gasteiger partial charge >= 0.3 is 12.2 Å². The van der Waals surface area contributed by atoms with Crippen LogP contribution in [0.2, 0.25) is 0 Å². The smallest absolute Gasteiger partial charge is 0.415 e. The first kappa shape index (κ1) is 33.2. The number of rotatable bonds is 13. The summed E-state index contributed by atoms with van der Waals surface area (Å²) < 4.78 is 11.5. The third kappa shape index (κ3) is 9.40. The van der Waals surface area contributed by atoms with Gasteiger partial charge in [0.1, 0.15) is 13.2 Å². The number of phenolic OH excluding ortho intramolecular Hbond substituents is 1. The van der Waals surface area contributed by atoms with Crippen molar-refractivity contribution in [1.29, 1.82) is 0 Å². The molecule has 5 rings (SSSR count). The monoisotopic (exact) mass is 646 g/mol. The summed E-state index contributed by atoms with van der Waals surface area (Å²) in [6.45, 7) is 2.75. The summed E-state index contributed by atoms with van der Waals surface area (Å²) in [5, 5.41) is 11.3. The summed E-state index contributed by atoms with van der Waals surface area (Å²) in [7, 11) is 0. The molecule has 0 spiro atoms. The SMILES string of the molecule is CCC(Sc1cccc(N(Cc2ccccc2)C(=O)OCc2ccccc2)c1O)N(Cc1ccccc1)C(=O)OCc1ccccc1. The average Bonchev–Trinajstić information content (AvgIpc) is 3.12. The topological polar surface area (TPSA) is 79.3 Å².